The SMILES string of the molecule is Brc1cncnc1OCCc1ccccn1. The van der Waals surface area contributed by atoms with Crippen molar-refractivity contribution in [2.75, 3.05) is 6.61 Å². The zero-order valence-corrected chi connectivity index (χ0v) is 10.1. The van der Waals surface area contributed by atoms with Crippen molar-refractivity contribution in [3.05, 3.63) is 47.1 Å². The molecule has 2 heterocycles. The van der Waals surface area contributed by atoms with E-state index in [1.807, 2.05) is 18.2 Å². The van der Waals surface area contributed by atoms with E-state index in [1.54, 1.807) is 12.4 Å². The van der Waals surface area contributed by atoms with Crippen LogP contribution in [0.15, 0.2) is 41.4 Å². The van der Waals surface area contributed by atoms with Crippen molar-refractivity contribution in [2.24, 2.45) is 0 Å². The molecule has 2 aromatic heterocycles. The number of nitrogens with zero attached hydrogens (tertiary/aromatic N) is 3. The second-order valence-corrected chi connectivity index (χ2v) is 3.95. The summed E-state index contributed by atoms with van der Waals surface area (Å²) in [6.07, 6.45) is 5.65. The van der Waals surface area contributed by atoms with Crippen LogP contribution in [-0.4, -0.2) is 21.6 Å². The van der Waals surface area contributed by atoms with Crippen LogP contribution in [0.2, 0.25) is 0 Å². The van der Waals surface area contributed by atoms with Gasteiger partial charge in [0.25, 0.3) is 0 Å². The Hall–Kier alpha value is -1.49. The summed E-state index contributed by atoms with van der Waals surface area (Å²) in [7, 11) is 0. The molecule has 0 N–H and O–H groups in total. The summed E-state index contributed by atoms with van der Waals surface area (Å²) in [5.41, 5.74) is 1.01. The number of rotatable bonds is 4. The van der Waals surface area contributed by atoms with Gasteiger partial charge in [0, 0.05) is 24.5 Å². The molecule has 2 aromatic rings. The lowest BCUT2D eigenvalue weighted by atomic mass is 10.3. The van der Waals surface area contributed by atoms with E-state index in [0.29, 0.717) is 12.5 Å². The van der Waals surface area contributed by atoms with Crippen molar-refractivity contribution in [1.82, 2.24) is 15.0 Å². The smallest absolute Gasteiger partial charge is 0.231 e. The number of ether oxygens (including phenoxy) is 1. The van der Waals surface area contributed by atoms with Crippen molar-refractivity contribution >= 4 is 15.9 Å². The molecule has 0 fully saturated rings. The van der Waals surface area contributed by atoms with E-state index in [0.717, 1.165) is 16.6 Å². The van der Waals surface area contributed by atoms with E-state index in [9.17, 15) is 0 Å². The highest BCUT2D eigenvalue weighted by atomic mass is 79.9. The van der Waals surface area contributed by atoms with Gasteiger partial charge in [-0.25, -0.2) is 9.97 Å². The lowest BCUT2D eigenvalue weighted by Gasteiger charge is -2.05. The first-order valence-corrected chi connectivity index (χ1v) is 5.64. The summed E-state index contributed by atoms with van der Waals surface area (Å²) in [6.45, 7) is 0.548. The molecule has 0 aromatic carbocycles. The lowest BCUT2D eigenvalue weighted by molar-refractivity contribution is 0.305. The van der Waals surface area contributed by atoms with E-state index in [-0.39, 0.29) is 0 Å². The highest BCUT2D eigenvalue weighted by Crippen LogP contribution is 2.19. The monoisotopic (exact) mass is 279 g/mol. The normalized spacial score (nSPS) is 10.1. The van der Waals surface area contributed by atoms with Crippen LogP contribution in [-0.2, 0) is 6.42 Å². The van der Waals surface area contributed by atoms with Gasteiger partial charge in [0.05, 0.1) is 11.1 Å². The van der Waals surface area contributed by atoms with Crippen LogP contribution in [0.25, 0.3) is 0 Å². The minimum atomic E-state index is 0.548. The molecule has 0 aliphatic rings. The minimum absolute atomic E-state index is 0.548. The second-order valence-electron chi connectivity index (χ2n) is 3.10. The van der Waals surface area contributed by atoms with Crippen molar-refractivity contribution in [3.8, 4) is 5.88 Å². The van der Waals surface area contributed by atoms with Gasteiger partial charge < -0.3 is 4.74 Å². The molecule has 0 spiro atoms. The Balaban J connectivity index is 1.87. The highest BCUT2D eigenvalue weighted by molar-refractivity contribution is 9.10. The number of pyridine rings is 1. The summed E-state index contributed by atoms with van der Waals surface area (Å²) in [6, 6.07) is 5.83. The fourth-order valence-electron chi connectivity index (χ4n) is 1.21. The molecule has 5 heteroatoms. The Morgan fingerprint density at radius 2 is 2.19 bits per heavy atom. The molecular formula is C11H10BrN3O. The van der Waals surface area contributed by atoms with Gasteiger partial charge in [-0.05, 0) is 28.1 Å². The topological polar surface area (TPSA) is 47.9 Å². The van der Waals surface area contributed by atoms with Gasteiger partial charge in [0.1, 0.15) is 6.33 Å². The Kier molecular flexibility index (Phi) is 3.82. The molecule has 0 bridgehead atoms. The van der Waals surface area contributed by atoms with Gasteiger partial charge in [-0.1, -0.05) is 6.07 Å². The minimum Gasteiger partial charge on any atom is -0.476 e. The van der Waals surface area contributed by atoms with Crippen molar-refractivity contribution in [1.29, 1.82) is 0 Å². The molecule has 82 valence electrons. The summed E-state index contributed by atoms with van der Waals surface area (Å²) in [5, 5.41) is 0. The Bertz CT molecular complexity index is 450. The average molecular weight is 280 g/mol. The highest BCUT2D eigenvalue weighted by Gasteiger charge is 2.01. The predicted octanol–water partition coefficient (Wildman–Crippen LogP) is 2.26. The summed E-state index contributed by atoms with van der Waals surface area (Å²) in [4.78, 5) is 12.1. The van der Waals surface area contributed by atoms with Gasteiger partial charge in [-0.3, -0.25) is 4.98 Å². The molecule has 0 saturated heterocycles. The third-order valence-corrected chi connectivity index (χ3v) is 2.50. The number of halogens is 1. The average Bonchev–Trinajstić information content (AvgIpc) is 2.33. The van der Waals surface area contributed by atoms with Crippen LogP contribution in [0.5, 0.6) is 5.88 Å². The Morgan fingerprint density at radius 1 is 1.25 bits per heavy atom. The molecule has 0 saturated carbocycles. The van der Waals surface area contributed by atoms with Crippen LogP contribution in [0.1, 0.15) is 5.69 Å². The largest absolute Gasteiger partial charge is 0.476 e. The molecule has 4 nitrogen and oxygen atoms in total. The Labute approximate surface area is 102 Å². The first kappa shape index (κ1) is 11.0. The maximum Gasteiger partial charge on any atom is 0.231 e. The molecule has 0 aliphatic heterocycles. The van der Waals surface area contributed by atoms with Crippen LogP contribution >= 0.6 is 15.9 Å². The molecule has 0 amide bonds. The maximum atomic E-state index is 5.50. The van der Waals surface area contributed by atoms with Gasteiger partial charge in [0.2, 0.25) is 5.88 Å². The van der Waals surface area contributed by atoms with Gasteiger partial charge in [-0.15, -0.1) is 0 Å². The van der Waals surface area contributed by atoms with Gasteiger partial charge >= 0.3 is 0 Å². The number of hydrogen-bond acceptors (Lipinski definition) is 4. The lowest BCUT2D eigenvalue weighted by Crippen LogP contribution is -2.04. The quantitative estimate of drug-likeness (QED) is 0.861. The van der Waals surface area contributed by atoms with E-state index in [4.69, 9.17) is 4.74 Å². The van der Waals surface area contributed by atoms with E-state index in [2.05, 4.69) is 30.9 Å². The molecule has 0 aliphatic carbocycles. The fraction of sp³-hybridized carbons (Fsp3) is 0.182. The van der Waals surface area contributed by atoms with Crippen LogP contribution < -0.4 is 4.74 Å². The van der Waals surface area contributed by atoms with Crippen LogP contribution in [0.3, 0.4) is 0 Å². The molecule has 0 atom stereocenters. The van der Waals surface area contributed by atoms with E-state index < -0.39 is 0 Å². The third-order valence-electron chi connectivity index (χ3n) is 1.96. The van der Waals surface area contributed by atoms with Gasteiger partial charge in [0.15, 0.2) is 0 Å². The predicted molar refractivity (Wildman–Crippen MR) is 63.2 cm³/mol. The summed E-state index contributed by atoms with van der Waals surface area (Å²) >= 11 is 3.32. The fourth-order valence-corrected chi connectivity index (χ4v) is 1.54. The molecule has 0 unspecified atom stereocenters. The summed E-state index contributed by atoms with van der Waals surface area (Å²) < 4.78 is 6.26. The third kappa shape index (κ3) is 3.00. The number of hydrogen-bond donors (Lipinski definition) is 0. The zero-order valence-electron chi connectivity index (χ0n) is 8.51. The van der Waals surface area contributed by atoms with Gasteiger partial charge in [-0.2, -0.15) is 0 Å². The molecule has 16 heavy (non-hydrogen) atoms. The molecular weight excluding hydrogens is 270 g/mol. The zero-order chi connectivity index (χ0) is 11.2. The van der Waals surface area contributed by atoms with Crippen molar-refractivity contribution in [3.63, 3.8) is 0 Å². The maximum absolute atomic E-state index is 5.50. The second kappa shape index (κ2) is 5.55. The van der Waals surface area contributed by atoms with E-state index >= 15 is 0 Å². The molecule has 2 rings (SSSR count). The van der Waals surface area contributed by atoms with Crippen LogP contribution in [0.4, 0.5) is 0 Å². The number of aromatic nitrogens is 3. The Morgan fingerprint density at radius 3 is 2.94 bits per heavy atom. The van der Waals surface area contributed by atoms with Crippen LogP contribution in [0, 0.1) is 0 Å². The standard InChI is InChI=1S/C11H10BrN3O/c12-10-7-13-8-15-11(10)16-6-4-9-3-1-2-5-14-9/h1-3,5,7-8H,4,6H2. The van der Waals surface area contributed by atoms with Crippen molar-refractivity contribution < 1.29 is 4.74 Å². The summed E-state index contributed by atoms with van der Waals surface area (Å²) in [5.74, 6) is 0.561. The van der Waals surface area contributed by atoms with Crippen molar-refractivity contribution in [2.45, 2.75) is 6.42 Å². The first-order valence-electron chi connectivity index (χ1n) is 4.84. The first-order chi connectivity index (χ1) is 7.86. The van der Waals surface area contributed by atoms with E-state index in [1.165, 1.54) is 6.33 Å². The molecule has 0 radical (unpaired) electrons.